The molecule has 0 spiro atoms. The van der Waals surface area contributed by atoms with Crippen molar-refractivity contribution in [1.82, 2.24) is 15.1 Å². The first-order valence-corrected chi connectivity index (χ1v) is 5.40. The van der Waals surface area contributed by atoms with Crippen molar-refractivity contribution in [3.05, 3.63) is 40.5 Å². The molecule has 1 N–H and O–H groups in total. The van der Waals surface area contributed by atoms with Crippen molar-refractivity contribution in [2.75, 3.05) is 7.05 Å². The standard InChI is InChI=1S/C10H12BrN3O/c1-12-9(7-3-4-15-6-7)10-8(11)5-13-14(10)2/h3-6,9,12H,1-2H3. The summed E-state index contributed by atoms with van der Waals surface area (Å²) >= 11 is 3.49. The second-order valence-electron chi connectivity index (χ2n) is 3.28. The van der Waals surface area contributed by atoms with Gasteiger partial charge in [0, 0.05) is 12.6 Å². The molecule has 2 rings (SSSR count). The van der Waals surface area contributed by atoms with Crippen molar-refractivity contribution in [3.8, 4) is 0 Å². The molecule has 80 valence electrons. The van der Waals surface area contributed by atoms with Crippen molar-refractivity contribution in [2.24, 2.45) is 7.05 Å². The molecule has 0 aromatic carbocycles. The molecule has 2 aromatic heterocycles. The molecule has 5 heteroatoms. The third kappa shape index (κ3) is 1.85. The number of hydrogen-bond acceptors (Lipinski definition) is 3. The van der Waals surface area contributed by atoms with E-state index >= 15 is 0 Å². The minimum atomic E-state index is 0.0885. The number of aromatic nitrogens is 2. The third-order valence-electron chi connectivity index (χ3n) is 2.38. The van der Waals surface area contributed by atoms with Gasteiger partial charge in [-0.05, 0) is 29.0 Å². The van der Waals surface area contributed by atoms with Gasteiger partial charge >= 0.3 is 0 Å². The van der Waals surface area contributed by atoms with Crippen molar-refractivity contribution >= 4 is 15.9 Å². The van der Waals surface area contributed by atoms with E-state index in [2.05, 4.69) is 26.3 Å². The monoisotopic (exact) mass is 269 g/mol. The maximum Gasteiger partial charge on any atom is 0.0954 e. The normalized spacial score (nSPS) is 13.0. The first-order valence-electron chi connectivity index (χ1n) is 4.60. The van der Waals surface area contributed by atoms with Crippen LogP contribution in [0, 0.1) is 0 Å². The van der Waals surface area contributed by atoms with Crippen molar-refractivity contribution < 1.29 is 4.42 Å². The Bertz CT molecular complexity index is 416. The summed E-state index contributed by atoms with van der Waals surface area (Å²) in [5.74, 6) is 0. The number of nitrogens with zero attached hydrogens (tertiary/aromatic N) is 2. The predicted octanol–water partition coefficient (Wildman–Crippen LogP) is 2.08. The lowest BCUT2D eigenvalue weighted by Crippen LogP contribution is -2.20. The lowest BCUT2D eigenvalue weighted by molar-refractivity contribution is 0.550. The highest BCUT2D eigenvalue weighted by atomic mass is 79.9. The van der Waals surface area contributed by atoms with E-state index in [1.165, 1.54) is 0 Å². The minimum absolute atomic E-state index is 0.0885. The third-order valence-corrected chi connectivity index (χ3v) is 2.99. The number of hydrogen-bond donors (Lipinski definition) is 1. The molecule has 0 amide bonds. The van der Waals surface area contributed by atoms with Crippen LogP contribution in [0.5, 0.6) is 0 Å². The summed E-state index contributed by atoms with van der Waals surface area (Å²) < 4.78 is 7.93. The summed E-state index contributed by atoms with van der Waals surface area (Å²) in [4.78, 5) is 0. The summed E-state index contributed by atoms with van der Waals surface area (Å²) in [6.07, 6.45) is 5.20. The summed E-state index contributed by atoms with van der Waals surface area (Å²) in [5.41, 5.74) is 2.17. The Morgan fingerprint density at radius 3 is 2.87 bits per heavy atom. The predicted molar refractivity (Wildman–Crippen MR) is 60.5 cm³/mol. The zero-order chi connectivity index (χ0) is 10.8. The fraction of sp³-hybridized carbons (Fsp3) is 0.300. The first-order chi connectivity index (χ1) is 7.24. The van der Waals surface area contributed by atoms with Crippen LogP contribution >= 0.6 is 15.9 Å². The van der Waals surface area contributed by atoms with E-state index < -0.39 is 0 Å². The van der Waals surface area contributed by atoms with Crippen molar-refractivity contribution in [1.29, 1.82) is 0 Å². The minimum Gasteiger partial charge on any atom is -0.472 e. The second-order valence-corrected chi connectivity index (χ2v) is 4.13. The van der Waals surface area contributed by atoms with Crippen LogP contribution in [-0.2, 0) is 7.05 Å². The summed E-state index contributed by atoms with van der Waals surface area (Å²) in [6, 6.07) is 2.03. The quantitative estimate of drug-likeness (QED) is 0.928. The molecular weight excluding hydrogens is 258 g/mol. The van der Waals surface area contributed by atoms with Gasteiger partial charge in [-0.25, -0.2) is 0 Å². The smallest absolute Gasteiger partial charge is 0.0954 e. The average molecular weight is 270 g/mol. The highest BCUT2D eigenvalue weighted by Gasteiger charge is 2.19. The van der Waals surface area contributed by atoms with Crippen LogP contribution in [0.4, 0.5) is 0 Å². The van der Waals surface area contributed by atoms with Gasteiger partial charge in [0.25, 0.3) is 0 Å². The lowest BCUT2D eigenvalue weighted by atomic mass is 10.1. The lowest BCUT2D eigenvalue weighted by Gasteiger charge is -2.15. The van der Waals surface area contributed by atoms with Crippen LogP contribution in [-0.4, -0.2) is 16.8 Å². The first kappa shape index (κ1) is 10.4. The maximum absolute atomic E-state index is 5.09. The van der Waals surface area contributed by atoms with Crippen LogP contribution in [0.2, 0.25) is 0 Å². The molecule has 4 nitrogen and oxygen atoms in total. The van der Waals surface area contributed by atoms with Crippen molar-refractivity contribution in [3.63, 3.8) is 0 Å². The Kier molecular flexibility index (Phi) is 2.93. The molecule has 0 aliphatic carbocycles. The molecule has 0 radical (unpaired) electrons. The Balaban J connectivity index is 2.44. The Morgan fingerprint density at radius 2 is 2.40 bits per heavy atom. The summed E-state index contributed by atoms with van der Waals surface area (Å²) in [5, 5.41) is 7.43. The van der Waals surface area contributed by atoms with Gasteiger partial charge in [-0.15, -0.1) is 0 Å². The highest BCUT2D eigenvalue weighted by molar-refractivity contribution is 9.10. The molecule has 0 fully saturated rings. The van der Waals surface area contributed by atoms with Gasteiger partial charge in [-0.2, -0.15) is 5.10 Å². The van der Waals surface area contributed by atoms with Gasteiger partial charge in [0.05, 0.1) is 34.9 Å². The number of nitrogens with one attached hydrogen (secondary N) is 1. The number of furan rings is 1. The average Bonchev–Trinajstić information content (AvgIpc) is 2.83. The second kappa shape index (κ2) is 4.20. The van der Waals surface area contributed by atoms with Crippen molar-refractivity contribution in [2.45, 2.75) is 6.04 Å². The molecule has 0 aliphatic rings. The highest BCUT2D eigenvalue weighted by Crippen LogP contribution is 2.27. The molecule has 0 aliphatic heterocycles. The molecule has 1 atom stereocenters. The van der Waals surface area contributed by atoms with E-state index in [0.717, 1.165) is 15.7 Å². The zero-order valence-electron chi connectivity index (χ0n) is 8.57. The molecule has 2 heterocycles. The van der Waals surface area contributed by atoms with E-state index in [4.69, 9.17) is 4.42 Å². The van der Waals surface area contributed by atoms with Crippen LogP contribution in [0.3, 0.4) is 0 Å². The van der Waals surface area contributed by atoms with E-state index in [9.17, 15) is 0 Å². The van der Waals surface area contributed by atoms with E-state index in [1.54, 1.807) is 18.7 Å². The van der Waals surface area contributed by atoms with Gasteiger partial charge in [-0.1, -0.05) is 0 Å². The van der Waals surface area contributed by atoms with Gasteiger partial charge in [0.2, 0.25) is 0 Å². The molecule has 1 unspecified atom stereocenters. The Morgan fingerprint density at radius 1 is 1.60 bits per heavy atom. The Hall–Kier alpha value is -1.07. The van der Waals surface area contributed by atoms with E-state index in [0.29, 0.717) is 0 Å². The van der Waals surface area contributed by atoms with Crippen LogP contribution in [0.25, 0.3) is 0 Å². The molecular formula is C10H12BrN3O. The van der Waals surface area contributed by atoms with Gasteiger partial charge in [0.15, 0.2) is 0 Å². The summed E-state index contributed by atoms with van der Waals surface area (Å²) in [7, 11) is 3.83. The Labute approximate surface area is 96.4 Å². The fourth-order valence-corrected chi connectivity index (χ4v) is 2.22. The maximum atomic E-state index is 5.09. The largest absolute Gasteiger partial charge is 0.472 e. The van der Waals surface area contributed by atoms with Gasteiger partial charge < -0.3 is 9.73 Å². The van der Waals surface area contributed by atoms with Crippen LogP contribution < -0.4 is 5.32 Å². The number of aryl methyl sites for hydroxylation is 1. The summed E-state index contributed by atoms with van der Waals surface area (Å²) in [6.45, 7) is 0. The molecule has 2 aromatic rings. The number of rotatable bonds is 3. The van der Waals surface area contributed by atoms with E-state index in [1.807, 2.05) is 24.8 Å². The fourth-order valence-electron chi connectivity index (χ4n) is 1.65. The zero-order valence-corrected chi connectivity index (χ0v) is 10.2. The molecule has 0 saturated carbocycles. The van der Waals surface area contributed by atoms with Crippen LogP contribution in [0.15, 0.2) is 33.7 Å². The molecule has 0 saturated heterocycles. The molecule has 15 heavy (non-hydrogen) atoms. The van der Waals surface area contributed by atoms with Crippen LogP contribution in [0.1, 0.15) is 17.3 Å². The SMILES string of the molecule is CNC(c1ccoc1)c1c(Br)cnn1C. The van der Waals surface area contributed by atoms with Gasteiger partial charge in [0.1, 0.15) is 0 Å². The van der Waals surface area contributed by atoms with E-state index in [-0.39, 0.29) is 6.04 Å². The molecule has 0 bridgehead atoms. The number of halogens is 1. The topological polar surface area (TPSA) is 43.0 Å². The van der Waals surface area contributed by atoms with Gasteiger partial charge in [-0.3, -0.25) is 4.68 Å².